The van der Waals surface area contributed by atoms with Gasteiger partial charge in [-0.1, -0.05) is 6.07 Å². The van der Waals surface area contributed by atoms with Crippen LogP contribution >= 0.6 is 0 Å². The minimum absolute atomic E-state index is 0.0571. The number of hydrogen-bond donors (Lipinski definition) is 2. The summed E-state index contributed by atoms with van der Waals surface area (Å²) in [5.41, 5.74) is 0.781. The van der Waals surface area contributed by atoms with Crippen LogP contribution in [0.25, 0.3) is 0 Å². The van der Waals surface area contributed by atoms with Crippen LogP contribution in [-0.2, 0) is 16.1 Å². The van der Waals surface area contributed by atoms with Crippen molar-refractivity contribution in [1.29, 1.82) is 0 Å². The van der Waals surface area contributed by atoms with Crippen LogP contribution in [-0.4, -0.2) is 29.4 Å². The lowest BCUT2D eigenvalue weighted by Crippen LogP contribution is -2.53. The van der Waals surface area contributed by atoms with Crippen molar-refractivity contribution < 1.29 is 14.3 Å². The topological polar surface area (TPSA) is 80.3 Å². The Morgan fingerprint density at radius 2 is 1.76 bits per heavy atom. The highest BCUT2D eigenvalue weighted by molar-refractivity contribution is 5.84. The second-order valence-corrected chi connectivity index (χ2v) is 9.65. The maximum Gasteiger partial charge on any atom is 0.226 e. The molecular formula is C23H33N3O3. The summed E-state index contributed by atoms with van der Waals surface area (Å²) in [6.45, 7) is 4.75. The summed E-state index contributed by atoms with van der Waals surface area (Å²) in [7, 11) is 0. The smallest absolute Gasteiger partial charge is 0.226 e. The van der Waals surface area contributed by atoms with E-state index in [1.54, 1.807) is 6.20 Å². The number of amides is 2. The van der Waals surface area contributed by atoms with E-state index in [2.05, 4.69) is 15.6 Å². The van der Waals surface area contributed by atoms with Crippen LogP contribution < -0.4 is 15.4 Å². The van der Waals surface area contributed by atoms with Crippen molar-refractivity contribution in [3.8, 4) is 5.88 Å². The largest absolute Gasteiger partial charge is 0.475 e. The fourth-order valence-electron chi connectivity index (χ4n) is 5.98. The molecule has 0 aliphatic heterocycles. The van der Waals surface area contributed by atoms with Crippen molar-refractivity contribution >= 4 is 11.8 Å². The number of carbonyl (C=O) groups is 2. The van der Waals surface area contributed by atoms with E-state index in [1.807, 2.05) is 26.0 Å². The summed E-state index contributed by atoms with van der Waals surface area (Å²) in [6.07, 6.45) is 9.26. The van der Waals surface area contributed by atoms with Gasteiger partial charge in [0.25, 0.3) is 0 Å². The molecule has 1 heterocycles. The van der Waals surface area contributed by atoms with E-state index in [1.165, 1.54) is 19.3 Å². The van der Waals surface area contributed by atoms with Gasteiger partial charge in [-0.15, -0.1) is 0 Å². The molecule has 0 aromatic carbocycles. The van der Waals surface area contributed by atoms with Gasteiger partial charge >= 0.3 is 0 Å². The molecule has 0 radical (unpaired) electrons. The van der Waals surface area contributed by atoms with Gasteiger partial charge in [-0.2, -0.15) is 0 Å². The first-order valence-electron chi connectivity index (χ1n) is 11.1. The molecule has 6 nitrogen and oxygen atoms in total. The Morgan fingerprint density at radius 3 is 2.31 bits per heavy atom. The van der Waals surface area contributed by atoms with Gasteiger partial charge < -0.3 is 15.4 Å². The van der Waals surface area contributed by atoms with Crippen molar-refractivity contribution in [3.63, 3.8) is 0 Å². The van der Waals surface area contributed by atoms with E-state index in [-0.39, 0.29) is 23.3 Å². The minimum atomic E-state index is -0.142. The van der Waals surface area contributed by atoms with Crippen molar-refractivity contribution in [2.45, 2.75) is 71.4 Å². The minimum Gasteiger partial charge on any atom is -0.475 e. The highest BCUT2D eigenvalue weighted by Crippen LogP contribution is 2.60. The number of hydrogen-bond acceptors (Lipinski definition) is 4. The second kappa shape index (κ2) is 8.33. The third kappa shape index (κ3) is 4.73. The molecule has 4 aliphatic carbocycles. The fraction of sp³-hybridized carbons (Fsp3) is 0.696. The number of ether oxygens (including phenoxy) is 1. The van der Waals surface area contributed by atoms with Gasteiger partial charge in [0.15, 0.2) is 0 Å². The Balaban J connectivity index is 1.18. The van der Waals surface area contributed by atoms with Gasteiger partial charge in [-0.05, 0) is 75.7 Å². The second-order valence-electron chi connectivity index (χ2n) is 9.65. The lowest BCUT2D eigenvalue weighted by molar-refractivity contribution is -0.146. The van der Waals surface area contributed by atoms with Gasteiger partial charge in [-0.25, -0.2) is 4.98 Å². The van der Waals surface area contributed by atoms with Crippen LogP contribution in [0.1, 0.15) is 64.4 Å². The Labute approximate surface area is 173 Å². The normalized spacial score (nSPS) is 29.7. The maximum atomic E-state index is 12.9. The summed E-state index contributed by atoms with van der Waals surface area (Å²) in [5.74, 6) is 2.97. The summed E-state index contributed by atoms with van der Waals surface area (Å²) in [5, 5.41) is 5.96. The molecule has 1 aromatic rings. The standard InChI is InChI=1S/C23H33N3O3/c1-15(2)29-21-4-3-16(14-26-21)13-25-20(27)5-6-24-22(28)23-10-17-7-18(11-23)9-19(8-17)12-23/h3-4,14-15,17-19H,5-13H2,1-2H3,(H,24,28)(H,25,27). The highest BCUT2D eigenvalue weighted by atomic mass is 16.5. The van der Waals surface area contributed by atoms with Crippen LogP contribution in [0.15, 0.2) is 18.3 Å². The van der Waals surface area contributed by atoms with E-state index in [0.717, 1.165) is 42.6 Å². The van der Waals surface area contributed by atoms with Crippen molar-refractivity contribution in [2.75, 3.05) is 6.54 Å². The zero-order valence-electron chi connectivity index (χ0n) is 17.6. The number of rotatable bonds is 8. The third-order valence-electron chi connectivity index (χ3n) is 6.80. The maximum absolute atomic E-state index is 12.9. The number of carbonyl (C=O) groups excluding carboxylic acids is 2. The molecule has 2 N–H and O–H groups in total. The van der Waals surface area contributed by atoms with Gasteiger partial charge in [0, 0.05) is 37.2 Å². The van der Waals surface area contributed by atoms with Gasteiger partial charge in [-0.3, -0.25) is 9.59 Å². The Bertz CT molecular complexity index is 709. The molecule has 0 saturated heterocycles. The van der Waals surface area contributed by atoms with Gasteiger partial charge in [0.2, 0.25) is 17.7 Å². The summed E-state index contributed by atoms with van der Waals surface area (Å²) < 4.78 is 5.52. The zero-order chi connectivity index (χ0) is 20.4. The number of aromatic nitrogens is 1. The summed E-state index contributed by atoms with van der Waals surface area (Å²) >= 11 is 0. The van der Waals surface area contributed by atoms with Crippen LogP contribution in [0.2, 0.25) is 0 Å². The molecule has 0 atom stereocenters. The number of nitrogens with zero attached hydrogens (tertiary/aromatic N) is 1. The van der Waals surface area contributed by atoms with Crippen LogP contribution in [0.3, 0.4) is 0 Å². The first kappa shape index (κ1) is 20.2. The quantitative estimate of drug-likeness (QED) is 0.703. The average Bonchev–Trinajstić information content (AvgIpc) is 2.66. The lowest BCUT2D eigenvalue weighted by Gasteiger charge is -2.55. The molecule has 4 saturated carbocycles. The number of pyridine rings is 1. The molecule has 0 unspecified atom stereocenters. The highest BCUT2D eigenvalue weighted by Gasteiger charge is 2.54. The SMILES string of the molecule is CC(C)Oc1ccc(CNC(=O)CCNC(=O)C23CC4CC(CC(C4)C2)C3)cn1. The van der Waals surface area contributed by atoms with Gasteiger partial charge in [0.1, 0.15) is 0 Å². The molecule has 4 bridgehead atoms. The Morgan fingerprint density at radius 1 is 1.10 bits per heavy atom. The van der Waals surface area contributed by atoms with Gasteiger partial charge in [0.05, 0.1) is 6.10 Å². The molecule has 6 heteroatoms. The van der Waals surface area contributed by atoms with Crippen LogP contribution in [0.4, 0.5) is 0 Å². The molecular weight excluding hydrogens is 366 g/mol. The predicted octanol–water partition coefficient (Wildman–Crippen LogP) is 3.21. The van der Waals surface area contributed by atoms with Crippen molar-refractivity contribution in [2.24, 2.45) is 23.2 Å². The van der Waals surface area contributed by atoms with E-state index in [4.69, 9.17) is 4.74 Å². The first-order valence-corrected chi connectivity index (χ1v) is 11.1. The van der Waals surface area contributed by atoms with Crippen molar-refractivity contribution in [3.05, 3.63) is 23.9 Å². The van der Waals surface area contributed by atoms with E-state index in [0.29, 0.717) is 25.4 Å². The number of nitrogens with one attached hydrogen (secondary N) is 2. The zero-order valence-corrected chi connectivity index (χ0v) is 17.6. The average molecular weight is 400 g/mol. The molecule has 2 amide bonds. The van der Waals surface area contributed by atoms with E-state index < -0.39 is 0 Å². The predicted molar refractivity (Wildman–Crippen MR) is 110 cm³/mol. The molecule has 0 spiro atoms. The molecule has 158 valence electrons. The first-order chi connectivity index (χ1) is 13.9. The molecule has 4 fully saturated rings. The molecule has 29 heavy (non-hydrogen) atoms. The van der Waals surface area contributed by atoms with E-state index >= 15 is 0 Å². The third-order valence-corrected chi connectivity index (χ3v) is 6.80. The Hall–Kier alpha value is -2.11. The van der Waals surface area contributed by atoms with Crippen LogP contribution in [0.5, 0.6) is 5.88 Å². The monoisotopic (exact) mass is 399 g/mol. The molecule has 1 aromatic heterocycles. The summed E-state index contributed by atoms with van der Waals surface area (Å²) in [6, 6.07) is 3.72. The van der Waals surface area contributed by atoms with E-state index in [9.17, 15) is 9.59 Å². The Kier molecular flexibility index (Phi) is 5.79. The lowest BCUT2D eigenvalue weighted by atomic mass is 9.49. The summed E-state index contributed by atoms with van der Waals surface area (Å²) in [4.78, 5) is 29.3. The van der Waals surface area contributed by atoms with Crippen molar-refractivity contribution in [1.82, 2.24) is 15.6 Å². The van der Waals surface area contributed by atoms with Crippen LogP contribution in [0, 0.1) is 23.2 Å². The molecule has 4 aliphatic rings. The fourth-order valence-corrected chi connectivity index (χ4v) is 5.98. The molecule has 5 rings (SSSR count).